The Bertz CT molecular complexity index is 1770. The molecule has 4 aromatic carbocycles. The summed E-state index contributed by atoms with van der Waals surface area (Å²) in [5, 5.41) is 0. The SMILES string of the molecule is C=CC(=O)OCCCCCCOc1ccc(C(=O)Oc2ccc(OCCCCCCOc3ccc(-c4ccccc4)cc3)c(C(=O)OCCCCCCC)c2)cc1. The first kappa shape index (κ1) is 44.1. The first-order valence-corrected chi connectivity index (χ1v) is 20.4. The van der Waals surface area contributed by atoms with Gasteiger partial charge in [0, 0.05) is 6.08 Å². The molecule has 9 heteroatoms. The molecule has 0 unspecified atom stereocenters. The van der Waals surface area contributed by atoms with Crippen LogP contribution in [0.5, 0.6) is 23.0 Å². The van der Waals surface area contributed by atoms with Crippen LogP contribution in [0.3, 0.4) is 0 Å². The largest absolute Gasteiger partial charge is 0.494 e. The maximum absolute atomic E-state index is 13.2. The Morgan fingerprint density at radius 2 is 1.02 bits per heavy atom. The van der Waals surface area contributed by atoms with Gasteiger partial charge in [0.05, 0.1) is 38.6 Å². The number of hydrogen-bond donors (Lipinski definition) is 0. The highest BCUT2D eigenvalue weighted by Gasteiger charge is 2.18. The van der Waals surface area contributed by atoms with Gasteiger partial charge in [0.15, 0.2) is 0 Å². The Kier molecular flexibility index (Phi) is 20.4. The van der Waals surface area contributed by atoms with Gasteiger partial charge in [0.25, 0.3) is 0 Å². The number of esters is 3. The van der Waals surface area contributed by atoms with Gasteiger partial charge in [-0.3, -0.25) is 0 Å². The van der Waals surface area contributed by atoms with Crippen molar-refractivity contribution in [1.82, 2.24) is 0 Å². The van der Waals surface area contributed by atoms with E-state index in [1.165, 1.54) is 11.6 Å². The van der Waals surface area contributed by atoms with Crippen molar-refractivity contribution in [2.75, 3.05) is 33.0 Å². The quantitative estimate of drug-likeness (QED) is 0.0241. The monoisotopic (exact) mass is 778 g/mol. The molecule has 0 aliphatic heterocycles. The maximum Gasteiger partial charge on any atom is 0.343 e. The van der Waals surface area contributed by atoms with Crippen molar-refractivity contribution in [3.8, 4) is 34.1 Å². The minimum absolute atomic E-state index is 0.219. The summed E-state index contributed by atoms with van der Waals surface area (Å²) in [6.07, 6.45) is 13.5. The molecule has 304 valence electrons. The van der Waals surface area contributed by atoms with Crippen LogP contribution in [0.15, 0.2) is 110 Å². The van der Waals surface area contributed by atoms with Crippen LogP contribution in [0.4, 0.5) is 0 Å². The Hall–Kier alpha value is -5.57. The molecule has 0 aliphatic carbocycles. The zero-order valence-corrected chi connectivity index (χ0v) is 33.4. The van der Waals surface area contributed by atoms with E-state index in [-0.39, 0.29) is 11.3 Å². The maximum atomic E-state index is 13.2. The van der Waals surface area contributed by atoms with E-state index in [0.717, 1.165) is 101 Å². The fourth-order valence-corrected chi connectivity index (χ4v) is 5.94. The van der Waals surface area contributed by atoms with Gasteiger partial charge in [-0.25, -0.2) is 14.4 Å². The van der Waals surface area contributed by atoms with Crippen molar-refractivity contribution in [2.45, 2.75) is 90.4 Å². The molecule has 0 aliphatic rings. The molecule has 4 aromatic rings. The lowest BCUT2D eigenvalue weighted by atomic mass is 10.1. The van der Waals surface area contributed by atoms with Gasteiger partial charge >= 0.3 is 17.9 Å². The van der Waals surface area contributed by atoms with Crippen LogP contribution in [0.2, 0.25) is 0 Å². The second-order valence-electron chi connectivity index (χ2n) is 13.8. The minimum atomic E-state index is -0.559. The lowest BCUT2D eigenvalue weighted by Crippen LogP contribution is -2.12. The summed E-state index contributed by atoms with van der Waals surface area (Å²) in [5.41, 5.74) is 2.91. The topological polar surface area (TPSA) is 107 Å². The van der Waals surface area contributed by atoms with Gasteiger partial charge < -0.3 is 28.4 Å². The predicted molar refractivity (Wildman–Crippen MR) is 223 cm³/mol. The second-order valence-corrected chi connectivity index (χ2v) is 13.8. The van der Waals surface area contributed by atoms with Crippen molar-refractivity contribution < 1.29 is 42.8 Å². The Morgan fingerprint density at radius 1 is 0.509 bits per heavy atom. The molecule has 0 N–H and O–H groups in total. The number of unbranched alkanes of at least 4 members (excludes halogenated alkanes) is 10. The molecule has 0 saturated heterocycles. The van der Waals surface area contributed by atoms with Gasteiger partial charge in [-0.1, -0.05) is 81.7 Å². The molecule has 9 nitrogen and oxygen atoms in total. The summed E-state index contributed by atoms with van der Waals surface area (Å²) in [5.74, 6) is 0.645. The van der Waals surface area contributed by atoms with Crippen molar-refractivity contribution in [1.29, 1.82) is 0 Å². The predicted octanol–water partition coefficient (Wildman–Crippen LogP) is 11.4. The summed E-state index contributed by atoms with van der Waals surface area (Å²) >= 11 is 0. The molecule has 0 saturated carbocycles. The fraction of sp³-hybridized carbons (Fsp3) is 0.396. The summed E-state index contributed by atoms with van der Waals surface area (Å²) < 4.78 is 34.1. The van der Waals surface area contributed by atoms with Crippen molar-refractivity contribution >= 4 is 17.9 Å². The molecule has 0 amide bonds. The molecular weight excluding hydrogens is 721 g/mol. The molecule has 0 atom stereocenters. The number of benzene rings is 4. The first-order valence-electron chi connectivity index (χ1n) is 20.4. The molecular formula is C48H58O9. The van der Waals surface area contributed by atoms with Gasteiger partial charge in [-0.15, -0.1) is 0 Å². The molecule has 0 aromatic heterocycles. The van der Waals surface area contributed by atoms with E-state index in [4.69, 9.17) is 28.4 Å². The minimum Gasteiger partial charge on any atom is -0.494 e. The van der Waals surface area contributed by atoms with Crippen molar-refractivity contribution in [2.24, 2.45) is 0 Å². The number of rotatable bonds is 28. The number of ether oxygens (including phenoxy) is 6. The van der Waals surface area contributed by atoms with E-state index in [9.17, 15) is 14.4 Å². The first-order chi connectivity index (χ1) is 28.0. The molecule has 0 fully saturated rings. The average molecular weight is 779 g/mol. The summed E-state index contributed by atoms with van der Waals surface area (Å²) in [6, 6.07) is 30.0. The average Bonchev–Trinajstić information content (AvgIpc) is 3.24. The highest BCUT2D eigenvalue weighted by molar-refractivity contribution is 5.94. The fourth-order valence-electron chi connectivity index (χ4n) is 5.94. The van der Waals surface area contributed by atoms with Crippen LogP contribution in [0.1, 0.15) is 111 Å². The van der Waals surface area contributed by atoms with E-state index in [0.29, 0.717) is 50.1 Å². The summed E-state index contributed by atoms with van der Waals surface area (Å²) in [7, 11) is 0. The Morgan fingerprint density at radius 3 is 1.61 bits per heavy atom. The zero-order valence-electron chi connectivity index (χ0n) is 33.4. The summed E-state index contributed by atoms with van der Waals surface area (Å²) in [6.45, 7) is 7.84. The van der Waals surface area contributed by atoms with Crippen LogP contribution < -0.4 is 18.9 Å². The third-order valence-corrected chi connectivity index (χ3v) is 9.20. The van der Waals surface area contributed by atoms with Crippen molar-refractivity contribution in [3.05, 3.63) is 121 Å². The third kappa shape index (κ3) is 17.0. The van der Waals surface area contributed by atoms with E-state index < -0.39 is 17.9 Å². The highest BCUT2D eigenvalue weighted by Crippen LogP contribution is 2.27. The van der Waals surface area contributed by atoms with Gasteiger partial charge in [0.1, 0.15) is 28.6 Å². The standard InChI is InChI=1S/C48H58O9/c1-3-5-6-7-19-36-56-48(51)44-37-43(57-47(50)40-24-28-42(29-25-40)53-33-16-9-11-18-35-55-46(49)4-2)30-31-45(44)54-34-17-10-8-15-32-52-41-26-22-39(23-27-41)38-20-13-12-14-21-38/h4,12-14,20-31,37H,2-3,5-11,15-19,32-36H2,1H3. The molecule has 0 heterocycles. The second kappa shape index (κ2) is 26.3. The normalized spacial score (nSPS) is 10.7. The van der Waals surface area contributed by atoms with Crippen LogP contribution in [-0.4, -0.2) is 50.9 Å². The van der Waals surface area contributed by atoms with E-state index in [2.05, 4.69) is 37.8 Å². The van der Waals surface area contributed by atoms with Gasteiger partial charge in [0.2, 0.25) is 0 Å². The van der Waals surface area contributed by atoms with Gasteiger partial charge in [-0.05, 0) is 124 Å². The lowest BCUT2D eigenvalue weighted by Gasteiger charge is -2.13. The third-order valence-electron chi connectivity index (χ3n) is 9.20. The lowest BCUT2D eigenvalue weighted by molar-refractivity contribution is -0.137. The molecule has 4 rings (SSSR count). The van der Waals surface area contributed by atoms with Crippen LogP contribution >= 0.6 is 0 Å². The van der Waals surface area contributed by atoms with Crippen LogP contribution in [0.25, 0.3) is 11.1 Å². The van der Waals surface area contributed by atoms with Crippen molar-refractivity contribution in [3.63, 3.8) is 0 Å². The Balaban J connectivity index is 1.20. The zero-order chi connectivity index (χ0) is 40.3. The summed E-state index contributed by atoms with van der Waals surface area (Å²) in [4.78, 5) is 37.4. The van der Waals surface area contributed by atoms with Crippen LogP contribution in [-0.2, 0) is 14.3 Å². The van der Waals surface area contributed by atoms with E-state index in [1.54, 1.807) is 36.4 Å². The van der Waals surface area contributed by atoms with E-state index >= 15 is 0 Å². The van der Waals surface area contributed by atoms with Gasteiger partial charge in [-0.2, -0.15) is 0 Å². The molecule has 0 radical (unpaired) electrons. The van der Waals surface area contributed by atoms with E-state index in [1.807, 2.05) is 30.3 Å². The number of carbonyl (C=O) groups excluding carboxylic acids is 3. The number of hydrogen-bond acceptors (Lipinski definition) is 9. The Labute approximate surface area is 338 Å². The molecule has 0 spiro atoms. The highest BCUT2D eigenvalue weighted by atomic mass is 16.5. The number of carbonyl (C=O) groups is 3. The smallest absolute Gasteiger partial charge is 0.343 e. The molecule has 0 bridgehead atoms. The van der Waals surface area contributed by atoms with Crippen LogP contribution in [0, 0.1) is 0 Å². The molecule has 57 heavy (non-hydrogen) atoms.